The van der Waals surface area contributed by atoms with Gasteiger partial charge in [0.25, 0.3) is 0 Å². The van der Waals surface area contributed by atoms with E-state index >= 15 is 0 Å². The molecule has 0 heterocycles. The zero-order chi connectivity index (χ0) is 7.56. The Morgan fingerprint density at radius 1 is 1.70 bits per heavy atom. The lowest BCUT2D eigenvalue weighted by atomic mass is 9.92. The largest absolute Gasteiger partial charge is 0.508 e. The molecular weight excluding hydrogens is 124 g/mol. The molecule has 1 nitrogen and oxygen atoms in total. The van der Waals surface area contributed by atoms with Crippen LogP contribution >= 0.6 is 0 Å². The summed E-state index contributed by atoms with van der Waals surface area (Å²) < 4.78 is 0. The standard InChI is InChI=1S/C9H14O/c1-3-8-4-7(2)5-9(10)6-8/h5-6,8,10H,3-4H2,1-2H3. The summed E-state index contributed by atoms with van der Waals surface area (Å²) in [6, 6.07) is 0. The molecule has 0 amide bonds. The summed E-state index contributed by atoms with van der Waals surface area (Å²) in [7, 11) is 0. The van der Waals surface area contributed by atoms with E-state index in [1.807, 2.05) is 12.2 Å². The van der Waals surface area contributed by atoms with Crippen molar-refractivity contribution in [3.05, 3.63) is 23.5 Å². The minimum Gasteiger partial charge on any atom is -0.508 e. The third-order valence-electron chi connectivity index (χ3n) is 1.91. The Balaban J connectivity index is 2.67. The zero-order valence-corrected chi connectivity index (χ0v) is 6.59. The first kappa shape index (κ1) is 7.39. The molecule has 1 rings (SSSR count). The minimum atomic E-state index is 0.440. The summed E-state index contributed by atoms with van der Waals surface area (Å²) in [4.78, 5) is 0. The van der Waals surface area contributed by atoms with Crippen molar-refractivity contribution in [3.8, 4) is 0 Å². The summed E-state index contributed by atoms with van der Waals surface area (Å²) >= 11 is 0. The van der Waals surface area contributed by atoms with Crippen LogP contribution in [0.1, 0.15) is 26.7 Å². The Hall–Kier alpha value is -0.720. The van der Waals surface area contributed by atoms with E-state index in [0.717, 1.165) is 12.8 Å². The smallest absolute Gasteiger partial charge is 0.111 e. The van der Waals surface area contributed by atoms with Crippen LogP contribution in [0.2, 0.25) is 0 Å². The van der Waals surface area contributed by atoms with Gasteiger partial charge in [-0.3, -0.25) is 0 Å². The van der Waals surface area contributed by atoms with Gasteiger partial charge in [0.05, 0.1) is 0 Å². The molecule has 0 aliphatic heterocycles. The molecule has 0 aromatic carbocycles. The SMILES string of the molecule is CCC1C=C(O)C=C(C)C1. The van der Waals surface area contributed by atoms with Crippen molar-refractivity contribution in [2.75, 3.05) is 0 Å². The first-order valence-corrected chi connectivity index (χ1v) is 3.80. The molecule has 0 saturated carbocycles. The topological polar surface area (TPSA) is 20.2 Å². The zero-order valence-electron chi connectivity index (χ0n) is 6.59. The molecule has 1 aliphatic rings. The molecule has 0 aromatic rings. The fourth-order valence-corrected chi connectivity index (χ4v) is 1.34. The highest BCUT2D eigenvalue weighted by atomic mass is 16.3. The van der Waals surface area contributed by atoms with Gasteiger partial charge in [0.15, 0.2) is 0 Å². The Bertz CT molecular complexity index is 177. The normalized spacial score (nSPS) is 25.6. The predicted molar refractivity (Wildman–Crippen MR) is 42.9 cm³/mol. The summed E-state index contributed by atoms with van der Waals surface area (Å²) in [6.45, 7) is 4.21. The number of allylic oxidation sites excluding steroid dienone is 3. The Morgan fingerprint density at radius 3 is 2.90 bits per heavy atom. The molecule has 0 fully saturated rings. The molecule has 0 bridgehead atoms. The second-order valence-electron chi connectivity index (χ2n) is 2.95. The second-order valence-corrected chi connectivity index (χ2v) is 2.95. The van der Waals surface area contributed by atoms with Gasteiger partial charge in [0, 0.05) is 0 Å². The van der Waals surface area contributed by atoms with Gasteiger partial charge in [-0.15, -0.1) is 0 Å². The predicted octanol–water partition coefficient (Wildman–Crippen LogP) is 2.80. The van der Waals surface area contributed by atoms with Crippen LogP contribution in [0.4, 0.5) is 0 Å². The molecular formula is C9H14O. The van der Waals surface area contributed by atoms with E-state index in [1.54, 1.807) is 0 Å². The summed E-state index contributed by atoms with van der Waals surface area (Å²) in [6.07, 6.45) is 6.01. The molecule has 1 N–H and O–H groups in total. The third kappa shape index (κ3) is 1.63. The van der Waals surface area contributed by atoms with Crippen molar-refractivity contribution in [1.29, 1.82) is 0 Å². The minimum absolute atomic E-state index is 0.440. The van der Waals surface area contributed by atoms with E-state index in [9.17, 15) is 0 Å². The average Bonchev–Trinajstić information content (AvgIpc) is 1.85. The van der Waals surface area contributed by atoms with Gasteiger partial charge in [-0.2, -0.15) is 0 Å². The van der Waals surface area contributed by atoms with E-state index in [4.69, 9.17) is 5.11 Å². The maximum Gasteiger partial charge on any atom is 0.111 e. The lowest BCUT2D eigenvalue weighted by Crippen LogP contribution is -2.01. The molecule has 1 aliphatic carbocycles. The van der Waals surface area contributed by atoms with Gasteiger partial charge in [-0.05, 0) is 37.8 Å². The van der Waals surface area contributed by atoms with Crippen molar-refractivity contribution < 1.29 is 5.11 Å². The summed E-state index contributed by atoms with van der Waals surface area (Å²) in [5.74, 6) is 1.00. The van der Waals surface area contributed by atoms with Crippen molar-refractivity contribution in [3.63, 3.8) is 0 Å². The Labute approximate surface area is 62.1 Å². The fourth-order valence-electron chi connectivity index (χ4n) is 1.34. The van der Waals surface area contributed by atoms with Crippen LogP contribution in [0.3, 0.4) is 0 Å². The molecule has 0 aromatic heterocycles. The second kappa shape index (κ2) is 2.91. The van der Waals surface area contributed by atoms with Gasteiger partial charge >= 0.3 is 0 Å². The molecule has 56 valence electrons. The lowest BCUT2D eigenvalue weighted by molar-refractivity contribution is 0.412. The van der Waals surface area contributed by atoms with Crippen molar-refractivity contribution in [2.45, 2.75) is 26.7 Å². The van der Waals surface area contributed by atoms with Crippen LogP contribution in [0.25, 0.3) is 0 Å². The number of hydrogen-bond acceptors (Lipinski definition) is 1. The summed E-state index contributed by atoms with van der Waals surface area (Å²) in [5.41, 5.74) is 1.28. The molecule has 10 heavy (non-hydrogen) atoms. The monoisotopic (exact) mass is 138 g/mol. The van der Waals surface area contributed by atoms with Gasteiger partial charge in [0.1, 0.15) is 5.76 Å². The van der Waals surface area contributed by atoms with Crippen molar-refractivity contribution in [1.82, 2.24) is 0 Å². The number of hydrogen-bond donors (Lipinski definition) is 1. The van der Waals surface area contributed by atoms with E-state index < -0.39 is 0 Å². The molecule has 1 heteroatoms. The van der Waals surface area contributed by atoms with E-state index in [1.165, 1.54) is 5.57 Å². The Kier molecular flexibility index (Phi) is 2.15. The first-order chi connectivity index (χ1) is 4.72. The lowest BCUT2D eigenvalue weighted by Gasteiger charge is -2.15. The fraction of sp³-hybridized carbons (Fsp3) is 0.556. The van der Waals surface area contributed by atoms with Crippen LogP contribution in [0.5, 0.6) is 0 Å². The quantitative estimate of drug-likeness (QED) is 0.590. The highest BCUT2D eigenvalue weighted by molar-refractivity contribution is 5.22. The Morgan fingerprint density at radius 2 is 2.40 bits per heavy atom. The molecule has 1 unspecified atom stereocenters. The average molecular weight is 138 g/mol. The van der Waals surface area contributed by atoms with Gasteiger partial charge in [-0.1, -0.05) is 12.5 Å². The number of aliphatic hydroxyl groups is 1. The number of rotatable bonds is 1. The van der Waals surface area contributed by atoms with Crippen molar-refractivity contribution >= 4 is 0 Å². The van der Waals surface area contributed by atoms with E-state index in [2.05, 4.69) is 13.8 Å². The molecule has 0 radical (unpaired) electrons. The number of aliphatic hydroxyl groups excluding tert-OH is 1. The van der Waals surface area contributed by atoms with Crippen LogP contribution in [0.15, 0.2) is 23.5 Å². The maximum absolute atomic E-state index is 9.17. The molecule has 0 saturated heterocycles. The van der Waals surface area contributed by atoms with Gasteiger partial charge in [-0.25, -0.2) is 0 Å². The van der Waals surface area contributed by atoms with Crippen molar-refractivity contribution in [2.24, 2.45) is 5.92 Å². The highest BCUT2D eigenvalue weighted by Gasteiger charge is 2.09. The van der Waals surface area contributed by atoms with E-state index in [0.29, 0.717) is 11.7 Å². The molecule has 1 atom stereocenters. The molecule has 0 spiro atoms. The van der Waals surface area contributed by atoms with E-state index in [-0.39, 0.29) is 0 Å². The van der Waals surface area contributed by atoms with Crippen LogP contribution < -0.4 is 0 Å². The van der Waals surface area contributed by atoms with Crippen LogP contribution in [-0.2, 0) is 0 Å². The maximum atomic E-state index is 9.17. The van der Waals surface area contributed by atoms with Gasteiger partial charge < -0.3 is 5.11 Å². The summed E-state index contributed by atoms with van der Waals surface area (Å²) in [5, 5.41) is 9.17. The van der Waals surface area contributed by atoms with Crippen LogP contribution in [0, 0.1) is 5.92 Å². The highest BCUT2D eigenvalue weighted by Crippen LogP contribution is 2.23. The van der Waals surface area contributed by atoms with Crippen LogP contribution in [-0.4, -0.2) is 5.11 Å². The third-order valence-corrected chi connectivity index (χ3v) is 1.91. The van der Waals surface area contributed by atoms with Gasteiger partial charge in [0.2, 0.25) is 0 Å². The first-order valence-electron chi connectivity index (χ1n) is 3.80.